The van der Waals surface area contributed by atoms with Gasteiger partial charge in [-0.05, 0) is 42.8 Å². The summed E-state index contributed by atoms with van der Waals surface area (Å²) in [4.78, 5) is 20.3. The Bertz CT molecular complexity index is 1760. The molecule has 14 nitrogen and oxygen atoms in total. The van der Waals surface area contributed by atoms with E-state index in [0.29, 0.717) is 24.5 Å². The van der Waals surface area contributed by atoms with E-state index in [0.717, 1.165) is 58.0 Å². The van der Waals surface area contributed by atoms with Crippen LogP contribution in [0.1, 0.15) is 24.1 Å². The predicted molar refractivity (Wildman–Crippen MR) is 174 cm³/mol. The predicted octanol–water partition coefficient (Wildman–Crippen LogP) is 1.44. The van der Waals surface area contributed by atoms with Gasteiger partial charge in [0.25, 0.3) is 10.0 Å². The zero-order valence-electron chi connectivity index (χ0n) is 25.8. The third-order valence-electron chi connectivity index (χ3n) is 8.93. The van der Waals surface area contributed by atoms with Crippen molar-refractivity contribution in [2.75, 3.05) is 71.8 Å². The van der Waals surface area contributed by atoms with Crippen LogP contribution < -0.4 is 30.3 Å². The van der Waals surface area contributed by atoms with Crippen molar-refractivity contribution in [1.82, 2.24) is 9.71 Å². The molecule has 0 amide bonds. The molecule has 17 heteroatoms. The van der Waals surface area contributed by atoms with Crippen LogP contribution in [0.5, 0.6) is 11.5 Å². The normalized spacial score (nSPS) is 22.2. The Kier molecular flexibility index (Phi) is 10.2. The number of piperazine rings is 3. The van der Waals surface area contributed by atoms with Crippen LogP contribution in [0.4, 0.5) is 0 Å². The maximum Gasteiger partial charge on any atom is 0.250 e. The molecule has 0 spiro atoms. The van der Waals surface area contributed by atoms with Crippen LogP contribution >= 0.6 is 18.9 Å². The lowest BCUT2D eigenvalue weighted by Gasteiger charge is -2.55. The molecule has 0 aliphatic carbocycles. The number of aryl methyl sites for hydroxylation is 1. The molecule has 5 N–H and O–H groups in total. The zero-order chi connectivity index (χ0) is 33.0. The minimum atomic E-state index is -4.65. The quantitative estimate of drug-likeness (QED) is 0.0687. The second-order valence-corrected chi connectivity index (χ2v) is 16.7. The largest absolute Gasteiger partial charge is 0.768 e. The highest BCUT2D eigenvalue weighted by molar-refractivity contribution is 7.92. The molecular formula is C29H40N8O6PS2+. The molecule has 46 heavy (non-hydrogen) atoms. The second kappa shape index (κ2) is 13.8. The summed E-state index contributed by atoms with van der Waals surface area (Å²) in [6, 6.07) is 9.88. The summed E-state index contributed by atoms with van der Waals surface area (Å²) in [5, 5.41) is 9.56. The fourth-order valence-electron chi connectivity index (χ4n) is 6.27. The maximum atomic E-state index is 13.1. The first kappa shape index (κ1) is 34.1. The molecular weight excluding hydrogens is 651 g/mol. The van der Waals surface area contributed by atoms with Crippen molar-refractivity contribution in [1.29, 1.82) is 5.26 Å². The van der Waals surface area contributed by atoms with Crippen molar-refractivity contribution in [3.05, 3.63) is 47.8 Å². The number of hydrogen-bond acceptors (Lipinski definition) is 10. The number of quaternary nitrogens is 2. The Labute approximate surface area is 273 Å². The zero-order valence-corrected chi connectivity index (χ0v) is 28.3. The molecule has 2 bridgehead atoms. The Morgan fingerprint density at radius 2 is 1.76 bits per heavy atom. The number of guanidine groups is 1. The number of fused-ring (bicyclic) bond motifs is 4. The molecule has 5 heterocycles. The third-order valence-corrected chi connectivity index (χ3v) is 13.5. The van der Waals surface area contributed by atoms with E-state index < -0.39 is 23.9 Å². The number of pyridine rings is 1. The fourth-order valence-corrected chi connectivity index (χ4v) is 10.5. The van der Waals surface area contributed by atoms with Gasteiger partial charge >= 0.3 is 0 Å². The molecule has 1 unspecified atom stereocenters. The van der Waals surface area contributed by atoms with Crippen LogP contribution in [0.15, 0.2) is 45.7 Å². The summed E-state index contributed by atoms with van der Waals surface area (Å²) in [6.45, 7) is 12.2. The molecule has 0 radical (unpaired) electrons. The molecule has 3 fully saturated rings. The van der Waals surface area contributed by atoms with Crippen molar-refractivity contribution in [3.8, 4) is 17.6 Å². The number of aromatic nitrogens is 1. The maximum absolute atomic E-state index is 13.1. The number of benzene rings is 1. The number of thiophene rings is 1. The Morgan fingerprint density at radius 3 is 2.37 bits per heavy atom. The van der Waals surface area contributed by atoms with Crippen molar-refractivity contribution >= 4 is 45.0 Å². The van der Waals surface area contributed by atoms with E-state index in [9.17, 15) is 17.9 Å². The van der Waals surface area contributed by atoms with Gasteiger partial charge in [-0.15, -0.1) is 11.3 Å². The first-order chi connectivity index (χ1) is 21.8. The molecule has 0 saturated carbocycles. The standard InChI is InChI=1S/C29H40N8O6PS2/c1-22-26-18-24(42-17-3-10-37-14-11-36(12-15-37,13-16-37)9-2-8-33-29(31)32)6-7-27(26)45-28(22)46(40,41)35-21-44(38,39)43-25-5-4-23(19-30)34-20-25/h4-7,18,20,35H,2-3,8-17,21H2,1H3,(H4-,31,32,33,38,39)/q+1. The highest BCUT2D eigenvalue weighted by Gasteiger charge is 2.48. The van der Waals surface area contributed by atoms with Crippen molar-refractivity contribution in [3.63, 3.8) is 0 Å². The van der Waals surface area contributed by atoms with Crippen LogP contribution in [0.2, 0.25) is 0 Å². The van der Waals surface area contributed by atoms with Gasteiger partial charge in [0.15, 0.2) is 13.6 Å². The van der Waals surface area contributed by atoms with Gasteiger partial charge in [0.2, 0.25) is 0 Å². The number of ether oxygens (including phenoxy) is 1. The minimum Gasteiger partial charge on any atom is -0.768 e. The van der Waals surface area contributed by atoms with Crippen molar-refractivity contribution in [2.45, 2.75) is 24.0 Å². The average Bonchev–Trinajstić information content (AvgIpc) is 3.38. The molecule has 1 aromatic carbocycles. The van der Waals surface area contributed by atoms with Gasteiger partial charge in [-0.25, -0.2) is 18.1 Å². The third kappa shape index (κ3) is 8.16. The summed E-state index contributed by atoms with van der Waals surface area (Å²) in [6.07, 6.45) is 2.06. The van der Waals surface area contributed by atoms with Crippen LogP contribution in [-0.4, -0.2) is 100 Å². The Balaban J connectivity index is 1.12. The number of nitrogens with zero attached hydrogens (tertiary/aromatic N) is 5. The molecule has 1 atom stereocenters. The number of nitrogens with one attached hydrogen (secondary N) is 1. The van der Waals surface area contributed by atoms with E-state index in [1.54, 1.807) is 6.92 Å². The summed E-state index contributed by atoms with van der Waals surface area (Å²) in [5.74, 6) is 0.698. The monoisotopic (exact) mass is 691 g/mol. The van der Waals surface area contributed by atoms with Crippen LogP contribution in [-0.2, 0) is 14.6 Å². The molecule has 6 rings (SSSR count). The number of hydrogen-bond donors (Lipinski definition) is 3. The fraction of sp³-hybridized carbons (Fsp3) is 0.483. The van der Waals surface area contributed by atoms with Gasteiger partial charge in [0, 0.05) is 29.5 Å². The van der Waals surface area contributed by atoms with Gasteiger partial charge in [-0.1, -0.05) is 0 Å². The van der Waals surface area contributed by atoms with Gasteiger partial charge in [0.05, 0.1) is 32.2 Å². The molecule has 3 aliphatic rings. The molecule has 248 valence electrons. The van der Waals surface area contributed by atoms with Crippen LogP contribution in [0.25, 0.3) is 10.1 Å². The first-order valence-corrected chi connectivity index (χ1v) is 19.1. The van der Waals surface area contributed by atoms with Gasteiger partial charge in [-0.2, -0.15) is 5.26 Å². The first-order valence-electron chi connectivity index (χ1n) is 15.1. The second-order valence-electron chi connectivity index (χ2n) is 12.0. The summed E-state index contributed by atoms with van der Waals surface area (Å²) in [5.41, 5.74) is 11.5. The summed E-state index contributed by atoms with van der Waals surface area (Å²) >= 11 is 1.06. The van der Waals surface area contributed by atoms with E-state index in [4.69, 9.17) is 26.0 Å². The lowest BCUT2D eigenvalue weighted by Crippen LogP contribution is -2.75. The Hall–Kier alpha value is -3.29. The molecule has 3 aliphatic heterocycles. The van der Waals surface area contributed by atoms with E-state index in [2.05, 4.69) is 14.7 Å². The molecule has 3 aromatic rings. The van der Waals surface area contributed by atoms with Crippen molar-refractivity contribution in [2.24, 2.45) is 16.5 Å². The lowest BCUT2D eigenvalue weighted by atomic mass is 10.1. The van der Waals surface area contributed by atoms with E-state index in [-0.39, 0.29) is 21.6 Å². The molecule has 3 saturated heterocycles. The topological polar surface area (TPSA) is 206 Å². The highest BCUT2D eigenvalue weighted by Crippen LogP contribution is 2.39. The van der Waals surface area contributed by atoms with E-state index in [1.165, 1.54) is 55.9 Å². The van der Waals surface area contributed by atoms with E-state index in [1.807, 2.05) is 24.3 Å². The van der Waals surface area contributed by atoms with Gasteiger partial charge in [0.1, 0.15) is 66.7 Å². The number of rotatable bonds is 15. The SMILES string of the molecule is Cc1c(S(=O)(=O)NCP(=O)([O-])Oc2ccc(C#N)nc2)sc2ccc(OCCC[N+]34CC[N+](CCCN=C(N)N)(CC3)CC4)cc12. The minimum absolute atomic E-state index is 0.0244. The van der Waals surface area contributed by atoms with Crippen molar-refractivity contribution < 1.29 is 36.1 Å². The van der Waals surface area contributed by atoms with Crippen LogP contribution in [0.3, 0.4) is 0 Å². The number of nitriles is 1. The van der Waals surface area contributed by atoms with Crippen LogP contribution in [0, 0.1) is 18.3 Å². The number of sulfonamides is 1. The Morgan fingerprint density at radius 1 is 1.11 bits per heavy atom. The van der Waals surface area contributed by atoms with E-state index >= 15 is 0 Å². The lowest BCUT2D eigenvalue weighted by molar-refractivity contribution is -1.08. The van der Waals surface area contributed by atoms with Gasteiger partial charge in [-0.3, -0.25) is 9.56 Å². The average molecular weight is 692 g/mol. The smallest absolute Gasteiger partial charge is 0.250 e. The number of aliphatic imine (C=N–C) groups is 1. The number of nitrogens with two attached hydrogens (primary N) is 2. The summed E-state index contributed by atoms with van der Waals surface area (Å²) in [7, 11) is -8.81. The highest BCUT2D eigenvalue weighted by atomic mass is 32.2. The summed E-state index contributed by atoms with van der Waals surface area (Å²) < 4.78 is 54.9. The van der Waals surface area contributed by atoms with Gasteiger partial charge < -0.3 is 34.6 Å². The molecule has 2 aromatic heterocycles.